The van der Waals surface area contributed by atoms with Gasteiger partial charge in [-0.05, 0) is 38.2 Å². The van der Waals surface area contributed by atoms with Gasteiger partial charge in [0, 0.05) is 0 Å². The minimum absolute atomic E-state index is 0.278. The van der Waals surface area contributed by atoms with E-state index in [1.807, 2.05) is 12.2 Å². The average molecular weight is 224 g/mol. The first-order valence-electron chi connectivity index (χ1n) is 5.75. The van der Waals surface area contributed by atoms with E-state index in [4.69, 9.17) is 0 Å². The molecule has 16 heavy (non-hydrogen) atoms. The molecular weight excluding hydrogens is 199 g/mol. The summed E-state index contributed by atoms with van der Waals surface area (Å²) >= 11 is 0. The molecule has 0 heterocycles. The Labute approximate surface area is 99.9 Å². The van der Waals surface area contributed by atoms with Crippen LogP contribution in [0, 0.1) is 5.41 Å². The van der Waals surface area contributed by atoms with Gasteiger partial charge >= 0.3 is 0 Å². The highest BCUT2D eigenvalue weighted by molar-refractivity contribution is 5.26. The van der Waals surface area contributed by atoms with Gasteiger partial charge in [0.2, 0.25) is 0 Å². The predicted molar refractivity (Wildman–Crippen MR) is 71.3 cm³/mol. The van der Waals surface area contributed by atoms with Crippen molar-refractivity contribution in [2.45, 2.75) is 53.6 Å². The molecule has 0 fully saturated rings. The van der Waals surface area contributed by atoms with Crippen LogP contribution in [0.3, 0.4) is 0 Å². The zero-order valence-corrected chi connectivity index (χ0v) is 11.5. The third-order valence-corrected chi connectivity index (χ3v) is 2.58. The topological polar surface area (TPSA) is 0 Å². The maximum Gasteiger partial charge on any atom is 0.147 e. The Hall–Kier alpha value is -0.850. The van der Waals surface area contributed by atoms with Crippen LogP contribution >= 0.6 is 0 Å². The molecule has 0 nitrogen and oxygen atoms in total. The van der Waals surface area contributed by atoms with E-state index in [0.717, 1.165) is 6.42 Å². The van der Waals surface area contributed by atoms with Crippen molar-refractivity contribution in [3.63, 3.8) is 0 Å². The second-order valence-corrected chi connectivity index (χ2v) is 5.88. The highest BCUT2D eigenvalue weighted by Gasteiger charge is 2.19. The van der Waals surface area contributed by atoms with E-state index in [0.29, 0.717) is 5.57 Å². The van der Waals surface area contributed by atoms with Gasteiger partial charge in [0.15, 0.2) is 0 Å². The first kappa shape index (κ1) is 15.2. The highest BCUT2D eigenvalue weighted by Crippen LogP contribution is 2.25. The monoisotopic (exact) mass is 224 g/mol. The van der Waals surface area contributed by atoms with Crippen LogP contribution < -0.4 is 0 Å². The van der Waals surface area contributed by atoms with Crippen molar-refractivity contribution in [3.8, 4) is 0 Å². The van der Waals surface area contributed by atoms with Gasteiger partial charge in [-0.3, -0.25) is 0 Å². The van der Waals surface area contributed by atoms with E-state index in [9.17, 15) is 4.39 Å². The minimum Gasteiger partial charge on any atom is -0.235 e. The molecule has 0 N–H and O–H groups in total. The molecule has 0 saturated heterocycles. The summed E-state index contributed by atoms with van der Waals surface area (Å²) in [5.41, 5.74) is 0.834. The summed E-state index contributed by atoms with van der Waals surface area (Å²) in [7, 11) is 0. The smallest absolute Gasteiger partial charge is 0.147 e. The fourth-order valence-corrected chi connectivity index (χ4v) is 1.49. The first-order chi connectivity index (χ1) is 7.08. The van der Waals surface area contributed by atoms with E-state index in [1.54, 1.807) is 6.92 Å². The zero-order chi connectivity index (χ0) is 13.0. The van der Waals surface area contributed by atoms with Crippen molar-refractivity contribution in [3.05, 3.63) is 36.0 Å². The van der Waals surface area contributed by atoms with Crippen LogP contribution in [0.5, 0.6) is 0 Å². The maximum atomic E-state index is 13.8. The van der Waals surface area contributed by atoms with Gasteiger partial charge in [0.05, 0.1) is 0 Å². The Balaban J connectivity index is 4.69. The van der Waals surface area contributed by atoms with Gasteiger partial charge in [0.25, 0.3) is 0 Å². The van der Waals surface area contributed by atoms with Crippen LogP contribution in [0.25, 0.3) is 0 Å². The molecule has 0 aromatic carbocycles. The molecule has 0 spiro atoms. The van der Waals surface area contributed by atoms with Gasteiger partial charge < -0.3 is 0 Å². The summed E-state index contributed by atoms with van der Waals surface area (Å²) in [6, 6.07) is 0. The molecule has 0 aromatic rings. The molecule has 1 unspecified atom stereocenters. The molecule has 0 radical (unpaired) electrons. The van der Waals surface area contributed by atoms with Crippen molar-refractivity contribution in [2.24, 2.45) is 5.41 Å². The SMILES string of the molecule is C=CC(C)(F)/C(C)=C/C=C(\C)CC(C)(C)C. The van der Waals surface area contributed by atoms with E-state index in [2.05, 4.69) is 34.3 Å². The summed E-state index contributed by atoms with van der Waals surface area (Å²) in [6.45, 7) is 15.5. The molecule has 0 rings (SSSR count). The lowest BCUT2D eigenvalue weighted by molar-refractivity contribution is 0.309. The minimum atomic E-state index is -1.40. The number of hydrogen-bond donors (Lipinski definition) is 0. The van der Waals surface area contributed by atoms with Crippen LogP contribution in [-0.4, -0.2) is 5.67 Å². The Morgan fingerprint density at radius 1 is 1.12 bits per heavy atom. The summed E-state index contributed by atoms with van der Waals surface area (Å²) in [5, 5.41) is 0. The van der Waals surface area contributed by atoms with Gasteiger partial charge in [-0.15, -0.1) is 0 Å². The van der Waals surface area contributed by atoms with Crippen LogP contribution in [-0.2, 0) is 0 Å². The van der Waals surface area contributed by atoms with E-state index in [-0.39, 0.29) is 5.41 Å². The van der Waals surface area contributed by atoms with Crippen molar-refractivity contribution in [1.29, 1.82) is 0 Å². The largest absolute Gasteiger partial charge is 0.235 e. The maximum absolute atomic E-state index is 13.8. The number of halogens is 1. The Morgan fingerprint density at radius 3 is 2.00 bits per heavy atom. The summed E-state index contributed by atoms with van der Waals surface area (Å²) in [4.78, 5) is 0. The van der Waals surface area contributed by atoms with Crippen LogP contribution in [0.15, 0.2) is 36.0 Å². The highest BCUT2D eigenvalue weighted by atomic mass is 19.1. The van der Waals surface area contributed by atoms with E-state index >= 15 is 0 Å². The third-order valence-electron chi connectivity index (χ3n) is 2.58. The lowest BCUT2D eigenvalue weighted by Crippen LogP contribution is -2.14. The van der Waals surface area contributed by atoms with Gasteiger partial charge in [-0.1, -0.05) is 51.2 Å². The number of alkyl halides is 1. The normalized spacial score (nSPS) is 18.2. The van der Waals surface area contributed by atoms with Crippen LogP contribution in [0.2, 0.25) is 0 Å². The van der Waals surface area contributed by atoms with Crippen molar-refractivity contribution in [2.75, 3.05) is 0 Å². The van der Waals surface area contributed by atoms with Crippen molar-refractivity contribution < 1.29 is 4.39 Å². The molecule has 0 aromatic heterocycles. The van der Waals surface area contributed by atoms with Gasteiger partial charge in [-0.25, -0.2) is 4.39 Å². The molecule has 1 atom stereocenters. The fraction of sp³-hybridized carbons (Fsp3) is 0.600. The average Bonchev–Trinajstić information content (AvgIpc) is 2.11. The summed E-state index contributed by atoms with van der Waals surface area (Å²) in [5.74, 6) is 0. The quantitative estimate of drug-likeness (QED) is 0.453. The first-order valence-corrected chi connectivity index (χ1v) is 5.75. The lowest BCUT2D eigenvalue weighted by Gasteiger charge is -2.18. The molecule has 0 bridgehead atoms. The zero-order valence-electron chi connectivity index (χ0n) is 11.5. The van der Waals surface area contributed by atoms with E-state index < -0.39 is 5.67 Å². The Kier molecular flexibility index (Phi) is 5.18. The molecule has 1 heteroatoms. The Morgan fingerprint density at radius 2 is 1.62 bits per heavy atom. The summed E-state index contributed by atoms with van der Waals surface area (Å²) < 4.78 is 13.8. The molecular formula is C15H25F. The van der Waals surface area contributed by atoms with Crippen LogP contribution in [0.1, 0.15) is 48.0 Å². The summed E-state index contributed by atoms with van der Waals surface area (Å²) in [6.07, 6.45) is 6.21. The lowest BCUT2D eigenvalue weighted by atomic mass is 9.88. The second-order valence-electron chi connectivity index (χ2n) is 5.88. The molecule has 0 aliphatic heterocycles. The predicted octanol–water partition coefficient (Wildman–Crippen LogP) is 5.23. The molecule has 0 aliphatic rings. The third kappa shape index (κ3) is 5.89. The molecule has 0 saturated carbocycles. The van der Waals surface area contributed by atoms with E-state index in [1.165, 1.54) is 18.6 Å². The molecule has 92 valence electrons. The Bertz CT molecular complexity index is 298. The van der Waals surface area contributed by atoms with Crippen molar-refractivity contribution >= 4 is 0 Å². The van der Waals surface area contributed by atoms with Crippen LogP contribution in [0.4, 0.5) is 4.39 Å². The van der Waals surface area contributed by atoms with Gasteiger partial charge in [-0.2, -0.15) is 0 Å². The standard InChI is InChI=1S/C15H25F/c1-8-15(7,16)13(3)10-9-12(2)11-14(4,5)6/h8-10H,1,11H2,2-7H3/b12-9+,13-10+. The second kappa shape index (κ2) is 5.47. The number of allylic oxidation sites excluding steroid dienone is 5. The fourth-order valence-electron chi connectivity index (χ4n) is 1.49. The number of rotatable bonds is 4. The van der Waals surface area contributed by atoms with Crippen molar-refractivity contribution in [1.82, 2.24) is 0 Å². The number of hydrogen-bond acceptors (Lipinski definition) is 0. The molecule has 0 amide bonds. The van der Waals surface area contributed by atoms with Gasteiger partial charge in [0.1, 0.15) is 5.67 Å². The molecule has 0 aliphatic carbocycles.